The van der Waals surface area contributed by atoms with E-state index in [2.05, 4.69) is 10.0 Å². The summed E-state index contributed by atoms with van der Waals surface area (Å²) in [5, 5.41) is 2.99. The Balaban J connectivity index is 2.22. The van der Waals surface area contributed by atoms with Gasteiger partial charge in [0, 0.05) is 18.3 Å². The standard InChI is InChI=1S/C12H18N2O2S2/c1-13-8-10-4-2-3-5-12(10)18(15,16)14-11-6-7-17-9-11/h2-5,11,13-14H,6-9H2,1H3. The molecule has 0 amide bonds. The second-order valence-corrected chi connectivity index (χ2v) is 7.15. The monoisotopic (exact) mass is 286 g/mol. The van der Waals surface area contributed by atoms with Gasteiger partial charge in [-0.25, -0.2) is 13.1 Å². The molecule has 1 heterocycles. The highest BCUT2D eigenvalue weighted by Gasteiger charge is 2.24. The Kier molecular flexibility index (Phi) is 4.66. The normalized spacial score (nSPS) is 20.2. The molecule has 1 fully saturated rings. The quantitative estimate of drug-likeness (QED) is 0.854. The number of hydrogen-bond acceptors (Lipinski definition) is 4. The fourth-order valence-electron chi connectivity index (χ4n) is 2.01. The molecule has 0 bridgehead atoms. The van der Waals surface area contributed by atoms with Crippen LogP contribution < -0.4 is 10.0 Å². The molecule has 0 radical (unpaired) electrons. The van der Waals surface area contributed by atoms with Crippen molar-refractivity contribution in [2.75, 3.05) is 18.6 Å². The smallest absolute Gasteiger partial charge is 0.241 e. The van der Waals surface area contributed by atoms with Gasteiger partial charge >= 0.3 is 0 Å². The molecular formula is C12H18N2O2S2. The molecule has 4 nitrogen and oxygen atoms in total. The lowest BCUT2D eigenvalue weighted by molar-refractivity contribution is 0.561. The Morgan fingerprint density at radius 3 is 2.83 bits per heavy atom. The topological polar surface area (TPSA) is 58.2 Å². The zero-order valence-electron chi connectivity index (χ0n) is 10.3. The van der Waals surface area contributed by atoms with Crippen LogP contribution in [0, 0.1) is 0 Å². The minimum absolute atomic E-state index is 0.0719. The van der Waals surface area contributed by atoms with Crippen molar-refractivity contribution in [3.63, 3.8) is 0 Å². The van der Waals surface area contributed by atoms with Gasteiger partial charge in [-0.15, -0.1) is 0 Å². The third-order valence-electron chi connectivity index (χ3n) is 2.88. The van der Waals surface area contributed by atoms with E-state index < -0.39 is 10.0 Å². The average Bonchev–Trinajstić information content (AvgIpc) is 2.82. The maximum Gasteiger partial charge on any atom is 0.241 e. The third kappa shape index (κ3) is 3.26. The van der Waals surface area contributed by atoms with Gasteiger partial charge in [0.15, 0.2) is 0 Å². The first-order chi connectivity index (χ1) is 8.63. The van der Waals surface area contributed by atoms with Crippen LogP contribution in [0.15, 0.2) is 29.2 Å². The summed E-state index contributed by atoms with van der Waals surface area (Å²) in [6, 6.07) is 7.20. The maximum atomic E-state index is 12.3. The summed E-state index contributed by atoms with van der Waals surface area (Å²) in [5.74, 6) is 1.90. The van der Waals surface area contributed by atoms with Crippen LogP contribution >= 0.6 is 11.8 Å². The summed E-state index contributed by atoms with van der Waals surface area (Å²) in [7, 11) is -1.59. The molecule has 0 aliphatic carbocycles. The second kappa shape index (κ2) is 6.06. The molecule has 1 atom stereocenters. The zero-order valence-corrected chi connectivity index (χ0v) is 12.0. The molecule has 1 saturated heterocycles. The Morgan fingerprint density at radius 1 is 1.39 bits per heavy atom. The predicted octanol–water partition coefficient (Wildman–Crippen LogP) is 1.19. The van der Waals surface area contributed by atoms with Crippen LogP contribution in [0.2, 0.25) is 0 Å². The van der Waals surface area contributed by atoms with E-state index in [1.807, 2.05) is 19.2 Å². The lowest BCUT2D eigenvalue weighted by Gasteiger charge is -2.14. The van der Waals surface area contributed by atoms with Crippen LogP contribution in [0.1, 0.15) is 12.0 Å². The molecule has 100 valence electrons. The fourth-order valence-corrected chi connectivity index (χ4v) is 4.78. The van der Waals surface area contributed by atoms with Gasteiger partial charge in [0.25, 0.3) is 0 Å². The molecule has 2 N–H and O–H groups in total. The molecule has 18 heavy (non-hydrogen) atoms. The summed E-state index contributed by atoms with van der Waals surface area (Å²) < 4.78 is 27.5. The Labute approximate surface area is 113 Å². The predicted molar refractivity (Wildman–Crippen MR) is 75.3 cm³/mol. The highest BCUT2D eigenvalue weighted by atomic mass is 32.2. The first-order valence-corrected chi connectivity index (χ1v) is 8.60. The van der Waals surface area contributed by atoms with Crippen LogP contribution in [0.4, 0.5) is 0 Å². The Morgan fingerprint density at radius 2 is 2.17 bits per heavy atom. The summed E-state index contributed by atoms with van der Waals surface area (Å²) in [4.78, 5) is 0.385. The van der Waals surface area contributed by atoms with E-state index in [4.69, 9.17) is 0 Å². The van der Waals surface area contributed by atoms with Crippen molar-refractivity contribution in [2.24, 2.45) is 0 Å². The number of benzene rings is 1. The highest BCUT2D eigenvalue weighted by molar-refractivity contribution is 7.99. The Bertz CT molecular complexity index is 497. The van der Waals surface area contributed by atoms with Gasteiger partial charge in [-0.05, 0) is 30.9 Å². The third-order valence-corrected chi connectivity index (χ3v) is 5.66. The Hall–Kier alpha value is -0.560. The molecule has 1 unspecified atom stereocenters. The molecular weight excluding hydrogens is 268 g/mol. The van der Waals surface area contributed by atoms with Crippen molar-refractivity contribution in [3.05, 3.63) is 29.8 Å². The first kappa shape index (κ1) is 13.9. The molecule has 0 saturated carbocycles. The van der Waals surface area contributed by atoms with Gasteiger partial charge in [-0.3, -0.25) is 0 Å². The second-order valence-electron chi connectivity index (χ2n) is 4.32. The molecule has 0 aromatic heterocycles. The van der Waals surface area contributed by atoms with E-state index in [9.17, 15) is 8.42 Å². The van der Waals surface area contributed by atoms with E-state index in [0.29, 0.717) is 11.4 Å². The van der Waals surface area contributed by atoms with Crippen LogP contribution in [0.25, 0.3) is 0 Å². The van der Waals surface area contributed by atoms with Crippen molar-refractivity contribution in [1.82, 2.24) is 10.0 Å². The number of rotatable bonds is 5. The molecule has 1 aromatic rings. The molecule has 1 aromatic carbocycles. The van der Waals surface area contributed by atoms with Crippen LogP contribution in [0.3, 0.4) is 0 Å². The van der Waals surface area contributed by atoms with Crippen molar-refractivity contribution in [2.45, 2.75) is 23.9 Å². The van der Waals surface area contributed by atoms with Crippen LogP contribution in [-0.2, 0) is 16.6 Å². The summed E-state index contributed by atoms with van der Waals surface area (Å²) in [6.07, 6.45) is 0.915. The van der Waals surface area contributed by atoms with Gasteiger partial charge in [-0.1, -0.05) is 18.2 Å². The molecule has 1 aliphatic heterocycles. The van der Waals surface area contributed by atoms with E-state index in [1.54, 1.807) is 23.9 Å². The maximum absolute atomic E-state index is 12.3. The van der Waals surface area contributed by atoms with Gasteiger partial charge < -0.3 is 5.32 Å². The largest absolute Gasteiger partial charge is 0.316 e. The molecule has 0 spiro atoms. The average molecular weight is 286 g/mol. The molecule has 1 aliphatic rings. The van der Waals surface area contributed by atoms with Crippen LogP contribution in [-0.4, -0.2) is 33.0 Å². The number of thioether (sulfide) groups is 1. The minimum atomic E-state index is -3.40. The fraction of sp³-hybridized carbons (Fsp3) is 0.500. The van der Waals surface area contributed by atoms with Crippen molar-refractivity contribution in [3.8, 4) is 0 Å². The van der Waals surface area contributed by atoms with Gasteiger partial charge in [0.1, 0.15) is 0 Å². The van der Waals surface area contributed by atoms with Crippen molar-refractivity contribution < 1.29 is 8.42 Å². The van der Waals surface area contributed by atoms with Crippen LogP contribution in [0.5, 0.6) is 0 Å². The van der Waals surface area contributed by atoms with E-state index >= 15 is 0 Å². The number of nitrogens with one attached hydrogen (secondary N) is 2. The highest BCUT2D eigenvalue weighted by Crippen LogP contribution is 2.21. The summed E-state index contributed by atoms with van der Waals surface area (Å²) in [6.45, 7) is 0.552. The summed E-state index contributed by atoms with van der Waals surface area (Å²) >= 11 is 1.79. The van der Waals surface area contributed by atoms with Gasteiger partial charge in [-0.2, -0.15) is 11.8 Å². The van der Waals surface area contributed by atoms with Gasteiger partial charge in [0.2, 0.25) is 10.0 Å². The number of sulfonamides is 1. The first-order valence-electron chi connectivity index (χ1n) is 5.96. The minimum Gasteiger partial charge on any atom is -0.316 e. The molecule has 6 heteroatoms. The zero-order chi connectivity index (χ0) is 13.0. The van der Waals surface area contributed by atoms with Crippen molar-refractivity contribution in [1.29, 1.82) is 0 Å². The lowest BCUT2D eigenvalue weighted by Crippen LogP contribution is -2.35. The van der Waals surface area contributed by atoms with E-state index in [0.717, 1.165) is 23.5 Å². The lowest BCUT2D eigenvalue weighted by atomic mass is 10.2. The SMILES string of the molecule is CNCc1ccccc1S(=O)(=O)NC1CCSC1. The number of hydrogen-bond donors (Lipinski definition) is 2. The van der Waals surface area contributed by atoms with E-state index in [1.165, 1.54) is 0 Å². The summed E-state index contributed by atoms with van der Waals surface area (Å²) in [5.41, 5.74) is 0.804. The van der Waals surface area contributed by atoms with Gasteiger partial charge in [0.05, 0.1) is 4.90 Å². The van der Waals surface area contributed by atoms with E-state index in [-0.39, 0.29) is 6.04 Å². The van der Waals surface area contributed by atoms with Crippen molar-refractivity contribution >= 4 is 21.8 Å². The molecule has 2 rings (SSSR count).